The van der Waals surface area contributed by atoms with Gasteiger partial charge in [0.05, 0.1) is 11.9 Å². The molecule has 1 aromatic heterocycles. The maximum absolute atomic E-state index is 12.5. The Balaban J connectivity index is 2.10. The van der Waals surface area contributed by atoms with Crippen LogP contribution in [0.1, 0.15) is 20.3 Å². The Morgan fingerprint density at radius 1 is 1.18 bits per heavy atom. The lowest BCUT2D eigenvalue weighted by atomic mass is 10.2. The van der Waals surface area contributed by atoms with Gasteiger partial charge in [-0.3, -0.25) is 4.79 Å². The topological polar surface area (TPSA) is 50.5 Å². The molecular weight excluding hydrogens is 300 g/mol. The summed E-state index contributed by atoms with van der Waals surface area (Å²) in [4.78, 5) is 12.5. The first-order valence-corrected chi connectivity index (χ1v) is 7.30. The van der Waals surface area contributed by atoms with Gasteiger partial charge in [0, 0.05) is 17.8 Å². The Kier molecular flexibility index (Phi) is 3.81. The largest absolute Gasteiger partial charge is 0.292 e. The fourth-order valence-corrected chi connectivity index (χ4v) is 2.45. The second kappa shape index (κ2) is 5.77. The van der Waals surface area contributed by atoms with Crippen molar-refractivity contribution in [2.45, 2.75) is 20.3 Å². The van der Waals surface area contributed by atoms with Gasteiger partial charge in [-0.05, 0) is 26.0 Å². The zero-order valence-electron chi connectivity index (χ0n) is 12.3. The highest BCUT2D eigenvalue weighted by atomic mass is 35.5. The number of para-hydroxylation sites is 1. The average Bonchev–Trinajstić information content (AvgIpc) is 2.53. The van der Waals surface area contributed by atoms with E-state index >= 15 is 0 Å². The molecule has 0 radical (unpaired) electrons. The molecule has 0 amide bonds. The first kappa shape index (κ1) is 14.5. The van der Waals surface area contributed by atoms with Crippen molar-refractivity contribution in [3.8, 4) is 5.69 Å². The van der Waals surface area contributed by atoms with Crippen LogP contribution in [0.2, 0.25) is 5.02 Å². The van der Waals surface area contributed by atoms with Gasteiger partial charge in [-0.25, -0.2) is 5.01 Å². The maximum atomic E-state index is 12.5. The average molecular weight is 315 g/mol. The standard InChI is InChI=1S/C16H15ClN4O/c1-11-8-9-12(2)20(19-11)14-10-18-21(16(22)15(14)17)13-6-4-3-5-7-13/h3-7,9-10H,8H2,1-2H3. The number of rotatable bonds is 2. The van der Waals surface area contributed by atoms with Crippen molar-refractivity contribution in [2.75, 3.05) is 5.01 Å². The number of hydrogen-bond donors (Lipinski definition) is 0. The van der Waals surface area contributed by atoms with E-state index in [0.717, 1.165) is 17.8 Å². The van der Waals surface area contributed by atoms with E-state index in [1.807, 2.05) is 38.1 Å². The first-order valence-electron chi connectivity index (χ1n) is 6.92. The number of hydrogen-bond acceptors (Lipinski definition) is 4. The fraction of sp³-hybridized carbons (Fsp3) is 0.188. The molecule has 1 aliphatic rings. The van der Waals surface area contributed by atoms with Gasteiger partial charge in [-0.1, -0.05) is 35.9 Å². The minimum Gasteiger partial charge on any atom is -0.266 e. The summed E-state index contributed by atoms with van der Waals surface area (Å²) in [7, 11) is 0. The van der Waals surface area contributed by atoms with Crippen molar-refractivity contribution < 1.29 is 0 Å². The summed E-state index contributed by atoms with van der Waals surface area (Å²) >= 11 is 6.28. The Labute approximate surface area is 133 Å². The summed E-state index contributed by atoms with van der Waals surface area (Å²) in [5.74, 6) is 0. The predicted molar refractivity (Wildman–Crippen MR) is 88.8 cm³/mol. The van der Waals surface area contributed by atoms with Crippen molar-refractivity contribution in [3.05, 3.63) is 63.7 Å². The van der Waals surface area contributed by atoms with Crippen LogP contribution in [0.3, 0.4) is 0 Å². The van der Waals surface area contributed by atoms with E-state index < -0.39 is 0 Å². The molecule has 0 saturated carbocycles. The lowest BCUT2D eigenvalue weighted by Gasteiger charge is -2.24. The second-order valence-corrected chi connectivity index (χ2v) is 5.47. The molecule has 2 heterocycles. The number of nitrogens with zero attached hydrogens (tertiary/aromatic N) is 4. The van der Waals surface area contributed by atoms with Crippen LogP contribution in [-0.4, -0.2) is 15.5 Å². The minimum absolute atomic E-state index is 0.102. The monoisotopic (exact) mass is 314 g/mol. The molecular formula is C16H15ClN4O. The van der Waals surface area contributed by atoms with Gasteiger partial charge in [0.1, 0.15) is 10.7 Å². The van der Waals surface area contributed by atoms with Crippen molar-refractivity contribution in [2.24, 2.45) is 5.10 Å². The third-order valence-corrected chi connectivity index (χ3v) is 3.78. The molecule has 1 aromatic carbocycles. The quantitative estimate of drug-likeness (QED) is 0.854. The maximum Gasteiger partial charge on any atom is 0.292 e. The summed E-state index contributed by atoms with van der Waals surface area (Å²) < 4.78 is 1.28. The third kappa shape index (κ3) is 2.55. The van der Waals surface area contributed by atoms with Gasteiger partial charge in [-0.2, -0.15) is 14.9 Å². The van der Waals surface area contributed by atoms with Crippen LogP contribution < -0.4 is 10.6 Å². The third-order valence-electron chi connectivity index (χ3n) is 3.43. The number of allylic oxidation sites excluding steroid dienone is 2. The molecule has 0 fully saturated rings. The van der Waals surface area contributed by atoms with Crippen LogP contribution in [0.25, 0.3) is 5.69 Å². The first-order chi connectivity index (χ1) is 10.6. The van der Waals surface area contributed by atoms with Crippen molar-refractivity contribution in [1.29, 1.82) is 0 Å². The van der Waals surface area contributed by atoms with Crippen LogP contribution in [-0.2, 0) is 0 Å². The number of aromatic nitrogens is 2. The summed E-state index contributed by atoms with van der Waals surface area (Å²) in [5.41, 5.74) is 2.68. The molecule has 6 heteroatoms. The Bertz CT molecular complexity index is 824. The van der Waals surface area contributed by atoms with Crippen LogP contribution >= 0.6 is 11.6 Å². The summed E-state index contributed by atoms with van der Waals surface area (Å²) in [5, 5.41) is 10.4. The van der Waals surface area contributed by atoms with Crippen LogP contribution in [0, 0.1) is 0 Å². The SMILES string of the molecule is CC1=CCC(C)=NN1c1cnn(-c2ccccc2)c(=O)c1Cl. The molecule has 112 valence electrons. The van der Waals surface area contributed by atoms with Gasteiger partial charge < -0.3 is 0 Å². The van der Waals surface area contributed by atoms with E-state index in [4.69, 9.17) is 11.6 Å². The highest BCUT2D eigenvalue weighted by molar-refractivity contribution is 6.33. The highest BCUT2D eigenvalue weighted by Crippen LogP contribution is 2.27. The van der Waals surface area contributed by atoms with Gasteiger partial charge in [0.2, 0.25) is 0 Å². The normalized spacial score (nSPS) is 14.6. The van der Waals surface area contributed by atoms with E-state index in [0.29, 0.717) is 11.4 Å². The van der Waals surface area contributed by atoms with E-state index in [1.165, 1.54) is 4.68 Å². The summed E-state index contributed by atoms with van der Waals surface area (Å²) in [6.07, 6.45) is 4.41. The van der Waals surface area contributed by atoms with Crippen molar-refractivity contribution in [3.63, 3.8) is 0 Å². The molecule has 2 aromatic rings. The molecule has 0 N–H and O–H groups in total. The lowest BCUT2D eigenvalue weighted by molar-refractivity contribution is 0.798. The van der Waals surface area contributed by atoms with Crippen molar-refractivity contribution in [1.82, 2.24) is 9.78 Å². The van der Waals surface area contributed by atoms with Crippen LogP contribution in [0.5, 0.6) is 0 Å². The number of anilines is 1. The minimum atomic E-state index is -0.364. The summed E-state index contributed by atoms with van der Waals surface area (Å²) in [6.45, 7) is 3.86. The Hall–Kier alpha value is -2.40. The molecule has 5 nitrogen and oxygen atoms in total. The van der Waals surface area contributed by atoms with Crippen LogP contribution in [0.4, 0.5) is 5.69 Å². The second-order valence-electron chi connectivity index (χ2n) is 5.09. The number of hydrazone groups is 1. The van der Waals surface area contributed by atoms with E-state index in [1.54, 1.807) is 23.3 Å². The lowest BCUT2D eigenvalue weighted by Crippen LogP contribution is -2.27. The molecule has 0 spiro atoms. The van der Waals surface area contributed by atoms with Gasteiger partial charge >= 0.3 is 0 Å². The molecule has 0 atom stereocenters. The van der Waals surface area contributed by atoms with E-state index in [2.05, 4.69) is 10.2 Å². The molecule has 0 aliphatic carbocycles. The zero-order valence-corrected chi connectivity index (χ0v) is 13.1. The molecule has 22 heavy (non-hydrogen) atoms. The smallest absolute Gasteiger partial charge is 0.266 e. The van der Waals surface area contributed by atoms with Gasteiger partial charge in [-0.15, -0.1) is 0 Å². The van der Waals surface area contributed by atoms with E-state index in [-0.39, 0.29) is 10.6 Å². The molecule has 1 aliphatic heterocycles. The number of halogens is 1. The molecule has 3 rings (SSSR count). The predicted octanol–water partition coefficient (Wildman–Crippen LogP) is 3.38. The molecule has 0 saturated heterocycles. The highest BCUT2D eigenvalue weighted by Gasteiger charge is 2.19. The zero-order chi connectivity index (χ0) is 15.7. The van der Waals surface area contributed by atoms with E-state index in [9.17, 15) is 4.79 Å². The van der Waals surface area contributed by atoms with Gasteiger partial charge in [0.25, 0.3) is 5.56 Å². The molecule has 0 bridgehead atoms. The molecule has 0 unspecified atom stereocenters. The Morgan fingerprint density at radius 3 is 2.64 bits per heavy atom. The summed E-state index contributed by atoms with van der Waals surface area (Å²) in [6, 6.07) is 9.17. The Morgan fingerprint density at radius 2 is 1.91 bits per heavy atom. The fourth-order valence-electron chi connectivity index (χ4n) is 2.24. The number of benzene rings is 1. The van der Waals surface area contributed by atoms with Crippen LogP contribution in [0.15, 0.2) is 58.2 Å². The van der Waals surface area contributed by atoms with Crippen molar-refractivity contribution >= 4 is 23.0 Å². The van der Waals surface area contributed by atoms with Gasteiger partial charge in [0.15, 0.2) is 0 Å².